The Morgan fingerprint density at radius 2 is 2.19 bits per heavy atom. The van der Waals surface area contributed by atoms with Gasteiger partial charge in [-0.2, -0.15) is 0 Å². The molecule has 114 valence electrons. The molecule has 0 aliphatic carbocycles. The Balaban J connectivity index is 2.20. The van der Waals surface area contributed by atoms with E-state index in [0.29, 0.717) is 6.54 Å². The van der Waals surface area contributed by atoms with Crippen molar-refractivity contribution in [1.82, 2.24) is 14.7 Å². The predicted octanol–water partition coefficient (Wildman–Crippen LogP) is 2.32. The second-order valence-corrected chi connectivity index (χ2v) is 6.34. The van der Waals surface area contributed by atoms with E-state index < -0.39 is 0 Å². The van der Waals surface area contributed by atoms with E-state index in [4.69, 9.17) is 4.74 Å². The first-order valence-corrected chi connectivity index (χ1v) is 7.07. The van der Waals surface area contributed by atoms with Crippen molar-refractivity contribution in [3.8, 4) is 0 Å². The minimum absolute atomic E-state index is 0.219. The molecule has 21 heavy (non-hydrogen) atoms. The second kappa shape index (κ2) is 5.85. The van der Waals surface area contributed by atoms with Crippen LogP contribution in [0.2, 0.25) is 0 Å². The number of rotatable bonds is 4. The summed E-state index contributed by atoms with van der Waals surface area (Å²) in [5.74, 6) is -0.243. The van der Waals surface area contributed by atoms with E-state index in [0.717, 1.165) is 16.9 Å². The van der Waals surface area contributed by atoms with E-state index in [9.17, 15) is 4.79 Å². The maximum Gasteiger partial charge on any atom is 0.323 e. The number of nitrogens with zero attached hydrogens (tertiary/aromatic N) is 2. The van der Waals surface area contributed by atoms with Crippen molar-refractivity contribution in [2.45, 2.75) is 40.3 Å². The number of carbonyl (C=O) groups excluding carboxylic acids is 1. The van der Waals surface area contributed by atoms with Crippen LogP contribution >= 0.6 is 0 Å². The number of methoxy groups -OCH3 is 1. The average molecular weight is 289 g/mol. The molecule has 0 aromatic carbocycles. The molecule has 2 rings (SSSR count). The molecule has 0 spiro atoms. The first-order valence-electron chi connectivity index (χ1n) is 7.07. The molecule has 0 fully saturated rings. The van der Waals surface area contributed by atoms with E-state index in [1.165, 1.54) is 7.11 Å². The van der Waals surface area contributed by atoms with Crippen LogP contribution in [0.5, 0.6) is 0 Å². The third kappa shape index (κ3) is 3.24. The third-order valence-electron chi connectivity index (χ3n) is 3.60. The van der Waals surface area contributed by atoms with Gasteiger partial charge in [0.2, 0.25) is 0 Å². The molecular formula is C16H23N3O2. The van der Waals surface area contributed by atoms with Crippen LogP contribution in [0.1, 0.15) is 32.0 Å². The highest BCUT2D eigenvalue weighted by Crippen LogP contribution is 2.21. The van der Waals surface area contributed by atoms with Gasteiger partial charge in [0.25, 0.3) is 0 Å². The molecule has 5 nitrogen and oxygen atoms in total. The maximum absolute atomic E-state index is 11.9. The smallest absolute Gasteiger partial charge is 0.323 e. The standard InChI is InChI=1S/C16H23N3O2/c1-11-7-6-8-19-12(10-18-14(11)19)9-17-13(15(20)21-5)16(2,3)4/h6-8,10,13,17H,9H2,1-5H3/t13-/m0/s1. The van der Waals surface area contributed by atoms with Crippen LogP contribution in [0.15, 0.2) is 24.5 Å². The van der Waals surface area contributed by atoms with Crippen LogP contribution in [0.25, 0.3) is 5.65 Å². The number of fused-ring (bicyclic) bond motifs is 1. The van der Waals surface area contributed by atoms with Gasteiger partial charge in [0.1, 0.15) is 11.7 Å². The predicted molar refractivity (Wildman–Crippen MR) is 82.0 cm³/mol. The fourth-order valence-electron chi connectivity index (χ4n) is 2.40. The Bertz CT molecular complexity index is 640. The van der Waals surface area contributed by atoms with Gasteiger partial charge in [-0.05, 0) is 24.0 Å². The Labute approximate surface area is 125 Å². The molecule has 0 saturated carbocycles. The van der Waals surface area contributed by atoms with Gasteiger partial charge in [-0.25, -0.2) is 4.98 Å². The zero-order valence-corrected chi connectivity index (χ0v) is 13.3. The molecule has 1 atom stereocenters. The zero-order valence-electron chi connectivity index (χ0n) is 13.3. The van der Waals surface area contributed by atoms with Crippen molar-refractivity contribution in [3.05, 3.63) is 35.8 Å². The Hall–Kier alpha value is -1.88. The van der Waals surface area contributed by atoms with Gasteiger partial charge >= 0.3 is 5.97 Å². The van der Waals surface area contributed by atoms with Gasteiger partial charge in [0.05, 0.1) is 19.0 Å². The summed E-state index contributed by atoms with van der Waals surface area (Å²) in [5, 5.41) is 3.29. The minimum atomic E-state index is -0.363. The zero-order chi connectivity index (χ0) is 15.6. The number of aryl methyl sites for hydroxylation is 1. The molecule has 2 aromatic heterocycles. The first-order chi connectivity index (χ1) is 9.84. The van der Waals surface area contributed by atoms with E-state index >= 15 is 0 Å². The van der Waals surface area contributed by atoms with Gasteiger partial charge in [-0.3, -0.25) is 10.1 Å². The molecule has 0 radical (unpaired) electrons. The lowest BCUT2D eigenvalue weighted by molar-refractivity contribution is -0.146. The van der Waals surface area contributed by atoms with Gasteiger partial charge < -0.3 is 9.14 Å². The van der Waals surface area contributed by atoms with Crippen LogP contribution in [-0.4, -0.2) is 28.5 Å². The van der Waals surface area contributed by atoms with Crippen molar-refractivity contribution < 1.29 is 9.53 Å². The van der Waals surface area contributed by atoms with Crippen LogP contribution in [-0.2, 0) is 16.1 Å². The summed E-state index contributed by atoms with van der Waals surface area (Å²) in [6.45, 7) is 8.63. The maximum atomic E-state index is 11.9. The molecule has 2 aromatic rings. The number of carbonyl (C=O) groups is 1. The highest BCUT2D eigenvalue weighted by atomic mass is 16.5. The third-order valence-corrected chi connectivity index (χ3v) is 3.60. The van der Waals surface area contributed by atoms with Gasteiger partial charge in [-0.1, -0.05) is 26.8 Å². The Morgan fingerprint density at radius 1 is 1.48 bits per heavy atom. The molecule has 5 heteroatoms. The summed E-state index contributed by atoms with van der Waals surface area (Å²) in [4.78, 5) is 16.4. The molecule has 0 bridgehead atoms. The summed E-state index contributed by atoms with van der Waals surface area (Å²) in [6.07, 6.45) is 3.82. The highest BCUT2D eigenvalue weighted by Gasteiger charge is 2.31. The average Bonchev–Trinajstić information content (AvgIpc) is 2.82. The quantitative estimate of drug-likeness (QED) is 0.878. The molecule has 0 unspecified atom stereocenters. The fourth-order valence-corrected chi connectivity index (χ4v) is 2.40. The lowest BCUT2D eigenvalue weighted by Gasteiger charge is -2.29. The van der Waals surface area contributed by atoms with Crippen molar-refractivity contribution in [3.63, 3.8) is 0 Å². The van der Waals surface area contributed by atoms with Crippen LogP contribution in [0.4, 0.5) is 0 Å². The second-order valence-electron chi connectivity index (χ2n) is 6.34. The fraction of sp³-hybridized carbons (Fsp3) is 0.500. The first kappa shape index (κ1) is 15.5. The number of pyridine rings is 1. The molecule has 0 saturated heterocycles. The lowest BCUT2D eigenvalue weighted by atomic mass is 9.86. The van der Waals surface area contributed by atoms with Crippen molar-refractivity contribution in [1.29, 1.82) is 0 Å². The Kier molecular flexibility index (Phi) is 4.32. The number of imidazole rings is 1. The molecule has 1 N–H and O–H groups in total. The van der Waals surface area contributed by atoms with Gasteiger partial charge in [0.15, 0.2) is 0 Å². The number of hydrogen-bond donors (Lipinski definition) is 1. The molecule has 0 aliphatic heterocycles. The van der Waals surface area contributed by atoms with E-state index in [1.807, 2.05) is 56.6 Å². The summed E-state index contributed by atoms with van der Waals surface area (Å²) < 4.78 is 6.93. The molecular weight excluding hydrogens is 266 g/mol. The Morgan fingerprint density at radius 3 is 2.81 bits per heavy atom. The largest absolute Gasteiger partial charge is 0.468 e. The van der Waals surface area contributed by atoms with Gasteiger partial charge in [-0.15, -0.1) is 0 Å². The number of aromatic nitrogens is 2. The van der Waals surface area contributed by atoms with E-state index in [1.54, 1.807) is 0 Å². The normalized spacial score (nSPS) is 13.4. The summed E-state index contributed by atoms with van der Waals surface area (Å²) in [7, 11) is 1.42. The number of ether oxygens (including phenoxy) is 1. The molecule has 0 aliphatic rings. The molecule has 0 amide bonds. The SMILES string of the molecule is COC(=O)[C@H](NCc1cnc2c(C)cccn12)C(C)(C)C. The topological polar surface area (TPSA) is 55.6 Å². The summed E-state index contributed by atoms with van der Waals surface area (Å²) in [5.41, 5.74) is 2.87. The summed E-state index contributed by atoms with van der Waals surface area (Å²) in [6, 6.07) is 3.67. The number of nitrogens with one attached hydrogen (secondary N) is 1. The monoisotopic (exact) mass is 289 g/mol. The van der Waals surface area contributed by atoms with Crippen molar-refractivity contribution in [2.24, 2.45) is 5.41 Å². The van der Waals surface area contributed by atoms with Crippen LogP contribution in [0.3, 0.4) is 0 Å². The molecule has 2 heterocycles. The highest BCUT2D eigenvalue weighted by molar-refractivity contribution is 5.76. The number of esters is 1. The van der Waals surface area contributed by atoms with Gasteiger partial charge in [0, 0.05) is 12.7 Å². The lowest BCUT2D eigenvalue weighted by Crippen LogP contribution is -2.46. The van der Waals surface area contributed by atoms with Crippen LogP contribution < -0.4 is 5.32 Å². The summed E-state index contributed by atoms with van der Waals surface area (Å²) >= 11 is 0. The van der Waals surface area contributed by atoms with Crippen molar-refractivity contribution in [2.75, 3.05) is 7.11 Å². The van der Waals surface area contributed by atoms with Crippen molar-refractivity contribution >= 4 is 11.6 Å². The van der Waals surface area contributed by atoms with E-state index in [-0.39, 0.29) is 17.4 Å². The minimum Gasteiger partial charge on any atom is -0.468 e. The number of hydrogen-bond acceptors (Lipinski definition) is 4. The van der Waals surface area contributed by atoms with Crippen LogP contribution in [0, 0.1) is 12.3 Å². The van der Waals surface area contributed by atoms with E-state index in [2.05, 4.69) is 10.3 Å².